The summed E-state index contributed by atoms with van der Waals surface area (Å²) < 4.78 is 2.30. The Kier molecular flexibility index (Phi) is 5.20. The predicted molar refractivity (Wildman–Crippen MR) is 124 cm³/mol. The Hall–Kier alpha value is -3.72. The molecule has 3 aromatic heterocycles. The van der Waals surface area contributed by atoms with E-state index in [-0.39, 0.29) is 32.9 Å². The number of hydrogen-bond acceptors (Lipinski definition) is 5. The average Bonchev–Trinajstić information content (AvgIpc) is 3.25. The number of thiophene rings is 1. The number of carbonyl (C=O) groups is 1. The van der Waals surface area contributed by atoms with E-state index in [1.807, 2.05) is 48.0 Å². The van der Waals surface area contributed by atoms with E-state index in [1.165, 1.54) is 18.7 Å². The lowest BCUT2D eigenvalue weighted by molar-refractivity contribution is 0.102. The van der Waals surface area contributed by atoms with Gasteiger partial charge in [0.2, 0.25) is 0 Å². The van der Waals surface area contributed by atoms with Gasteiger partial charge in [-0.25, -0.2) is 9.78 Å². The molecule has 4 rings (SSSR count). The third kappa shape index (κ3) is 3.53. The molecule has 0 atom stereocenters. The quantitative estimate of drug-likeness (QED) is 0.478. The van der Waals surface area contributed by atoms with Crippen LogP contribution < -0.4 is 22.3 Å². The molecule has 0 aliphatic heterocycles. The van der Waals surface area contributed by atoms with Gasteiger partial charge in [-0.05, 0) is 41.2 Å². The predicted octanol–water partition coefficient (Wildman–Crippen LogP) is 2.57. The van der Waals surface area contributed by atoms with Gasteiger partial charge >= 0.3 is 5.69 Å². The number of aryl methyl sites for hydroxylation is 2. The van der Waals surface area contributed by atoms with Gasteiger partial charge in [-0.15, -0.1) is 0 Å². The molecule has 0 radical (unpaired) electrons. The summed E-state index contributed by atoms with van der Waals surface area (Å²) in [5.74, 6) is -0.0596. The maximum atomic E-state index is 13.3. The van der Waals surface area contributed by atoms with Crippen LogP contribution in [0.5, 0.6) is 0 Å². The number of nitrogens with two attached hydrogens (primary N) is 1. The molecule has 0 spiro atoms. The molecule has 4 aromatic rings. The summed E-state index contributed by atoms with van der Waals surface area (Å²) in [6.07, 6.45) is 0. The Morgan fingerprint density at radius 3 is 2.45 bits per heavy atom. The van der Waals surface area contributed by atoms with E-state index < -0.39 is 17.2 Å². The maximum absolute atomic E-state index is 13.3. The number of hydrogen-bond donors (Lipinski definition) is 2. The van der Waals surface area contributed by atoms with Crippen molar-refractivity contribution in [3.05, 3.63) is 84.7 Å². The highest BCUT2D eigenvalue weighted by Gasteiger charge is 2.27. The van der Waals surface area contributed by atoms with Gasteiger partial charge in [-0.2, -0.15) is 0 Å². The molecule has 3 heterocycles. The number of benzene rings is 1. The highest BCUT2D eigenvalue weighted by atomic mass is 32.2. The first kappa shape index (κ1) is 20.5. The minimum absolute atomic E-state index is 0.0207. The molecule has 1 amide bonds. The normalized spacial score (nSPS) is 11.1. The number of amides is 1. The molecule has 9 heteroatoms. The third-order valence-corrected chi connectivity index (χ3v) is 6.90. The van der Waals surface area contributed by atoms with Crippen LogP contribution in [0, 0.1) is 6.92 Å². The van der Waals surface area contributed by atoms with Crippen LogP contribution in [0.25, 0.3) is 11.0 Å². The molecule has 0 saturated carbocycles. The molecular weight excluding hydrogens is 414 g/mol. The van der Waals surface area contributed by atoms with Crippen molar-refractivity contribution < 1.29 is 4.79 Å². The van der Waals surface area contributed by atoms with E-state index in [1.54, 1.807) is 6.07 Å². The minimum atomic E-state index is -0.504. The molecule has 1 aromatic carbocycles. The number of pyridine rings is 1. The lowest BCUT2D eigenvalue weighted by Crippen LogP contribution is -2.38. The highest BCUT2D eigenvalue weighted by Crippen LogP contribution is 2.31. The zero-order valence-corrected chi connectivity index (χ0v) is 18.2. The van der Waals surface area contributed by atoms with E-state index >= 15 is 0 Å². The molecule has 0 unspecified atom stereocenters. The van der Waals surface area contributed by atoms with Crippen molar-refractivity contribution in [1.29, 1.82) is 0 Å². The van der Waals surface area contributed by atoms with Crippen LogP contribution in [-0.4, -0.2) is 20.0 Å². The Morgan fingerprint density at radius 2 is 1.77 bits per heavy atom. The number of aromatic nitrogens is 3. The first-order valence-corrected chi connectivity index (χ1v) is 11.1. The van der Waals surface area contributed by atoms with Gasteiger partial charge < -0.3 is 11.1 Å². The first-order chi connectivity index (χ1) is 14.8. The van der Waals surface area contributed by atoms with Crippen molar-refractivity contribution in [1.82, 2.24) is 14.1 Å². The van der Waals surface area contributed by atoms with Crippen LogP contribution in [0.4, 0.5) is 11.5 Å². The number of nitrogen functional groups attached to an aromatic ring is 1. The summed E-state index contributed by atoms with van der Waals surface area (Å²) in [6, 6.07) is 11.2. The zero-order valence-electron chi connectivity index (χ0n) is 17.4. The van der Waals surface area contributed by atoms with Gasteiger partial charge in [-0.1, -0.05) is 18.2 Å². The van der Waals surface area contributed by atoms with Crippen LogP contribution in [0.3, 0.4) is 0 Å². The first-order valence-electron chi connectivity index (χ1n) is 9.58. The van der Waals surface area contributed by atoms with Crippen molar-refractivity contribution >= 4 is 38.9 Å². The summed E-state index contributed by atoms with van der Waals surface area (Å²) >= 11 is 0. The number of fused-ring (bicyclic) bond motifs is 1. The maximum Gasteiger partial charge on any atom is 0.332 e. The fraction of sp³-hybridized carbons (Fsp3) is 0.182. The van der Waals surface area contributed by atoms with Crippen molar-refractivity contribution in [3.63, 3.8) is 0 Å². The van der Waals surface area contributed by atoms with Gasteiger partial charge in [0.15, 0.2) is 11.4 Å². The van der Waals surface area contributed by atoms with Gasteiger partial charge in [0, 0.05) is 25.3 Å². The Morgan fingerprint density at radius 1 is 1.10 bits per heavy atom. The van der Waals surface area contributed by atoms with Crippen molar-refractivity contribution in [3.8, 4) is 0 Å². The second-order valence-electron chi connectivity index (χ2n) is 7.29. The second kappa shape index (κ2) is 7.84. The molecule has 0 aliphatic carbocycles. The SMILES string of the molecule is Cc1ccccc1NC(=O)c1c(N)nc2c(c1C[s+]1cccc1)c(=O)n(C)c(=O)n2C. The Balaban J connectivity index is 2.01. The zero-order chi connectivity index (χ0) is 22.3. The lowest BCUT2D eigenvalue weighted by atomic mass is 10.1. The smallest absolute Gasteiger partial charge is 0.332 e. The standard InChI is InChI=1S/C22H21N5O3S/c1-13-8-4-5-9-15(13)24-20(28)16-14(12-31-10-6-7-11-31)17-19(25-18(16)23)26(2)22(30)27(3)21(17)29/h4-11H,12H2,1-3H3,(H2-,23,24,25,28,29)/p+1. The van der Waals surface area contributed by atoms with Gasteiger partial charge in [-0.3, -0.25) is 18.7 Å². The average molecular weight is 437 g/mol. The molecule has 0 bridgehead atoms. The van der Waals surface area contributed by atoms with Gasteiger partial charge in [0.05, 0.1) is 10.9 Å². The summed E-state index contributed by atoms with van der Waals surface area (Å²) in [5, 5.41) is 7.14. The molecular formula is C22H22N5O3S+. The molecule has 0 aliphatic rings. The number of nitrogens with zero attached hydrogens (tertiary/aromatic N) is 3. The third-order valence-electron chi connectivity index (χ3n) is 5.27. The highest BCUT2D eigenvalue weighted by molar-refractivity contribution is 7.27. The Bertz CT molecular complexity index is 1430. The number of para-hydroxylation sites is 1. The minimum Gasteiger partial charge on any atom is -0.383 e. The molecule has 8 nitrogen and oxygen atoms in total. The van der Waals surface area contributed by atoms with Crippen molar-refractivity contribution in [2.45, 2.75) is 12.7 Å². The van der Waals surface area contributed by atoms with Gasteiger partial charge in [0.25, 0.3) is 11.5 Å². The molecule has 158 valence electrons. The topological polar surface area (TPSA) is 112 Å². The largest absolute Gasteiger partial charge is 0.383 e. The number of carbonyl (C=O) groups excluding carboxylic acids is 1. The Labute approximate surface area is 180 Å². The van der Waals surface area contributed by atoms with Crippen LogP contribution in [0.1, 0.15) is 21.5 Å². The number of nitrogens with one attached hydrogen (secondary N) is 1. The summed E-state index contributed by atoms with van der Waals surface area (Å²) in [5.41, 5.74) is 7.59. The summed E-state index contributed by atoms with van der Waals surface area (Å²) in [6.45, 7) is 1.89. The molecule has 0 fully saturated rings. The fourth-order valence-electron chi connectivity index (χ4n) is 3.57. The van der Waals surface area contributed by atoms with Crippen molar-refractivity contribution in [2.75, 3.05) is 11.1 Å². The van der Waals surface area contributed by atoms with E-state index in [0.29, 0.717) is 17.0 Å². The fourth-order valence-corrected chi connectivity index (χ4v) is 5.06. The van der Waals surface area contributed by atoms with Crippen LogP contribution in [-0.2, 0) is 19.8 Å². The van der Waals surface area contributed by atoms with Crippen molar-refractivity contribution in [2.24, 2.45) is 14.1 Å². The van der Waals surface area contributed by atoms with E-state index in [4.69, 9.17) is 5.73 Å². The van der Waals surface area contributed by atoms with Crippen LogP contribution in [0.15, 0.2) is 56.7 Å². The molecule has 3 N–H and O–H groups in total. The summed E-state index contributed by atoms with van der Waals surface area (Å²) in [4.78, 5) is 43.1. The van der Waals surface area contributed by atoms with Crippen LogP contribution in [0.2, 0.25) is 0 Å². The molecule has 31 heavy (non-hydrogen) atoms. The monoisotopic (exact) mass is 436 g/mol. The number of anilines is 2. The molecule has 0 saturated heterocycles. The van der Waals surface area contributed by atoms with E-state index in [0.717, 1.165) is 10.1 Å². The number of rotatable bonds is 4. The van der Waals surface area contributed by atoms with E-state index in [9.17, 15) is 14.4 Å². The van der Waals surface area contributed by atoms with Crippen LogP contribution >= 0.6 is 10.5 Å². The lowest BCUT2D eigenvalue weighted by Gasteiger charge is -2.15. The second-order valence-corrected chi connectivity index (χ2v) is 9.07. The van der Waals surface area contributed by atoms with E-state index in [2.05, 4.69) is 10.3 Å². The van der Waals surface area contributed by atoms with Gasteiger partial charge in [0.1, 0.15) is 16.6 Å². The summed E-state index contributed by atoms with van der Waals surface area (Å²) in [7, 11) is 2.64.